The summed E-state index contributed by atoms with van der Waals surface area (Å²) in [4.78, 5) is 24.6. The Balaban J connectivity index is 1.70. The average molecular weight is 389 g/mol. The van der Waals surface area contributed by atoms with E-state index >= 15 is 0 Å². The lowest BCUT2D eigenvalue weighted by atomic mass is 10.2. The van der Waals surface area contributed by atoms with Gasteiger partial charge in [0, 0.05) is 23.2 Å². The summed E-state index contributed by atoms with van der Waals surface area (Å²) < 4.78 is 28.7. The molecule has 1 aliphatic heterocycles. The van der Waals surface area contributed by atoms with Crippen molar-refractivity contribution in [1.82, 2.24) is 4.90 Å². The molecule has 0 bridgehead atoms. The summed E-state index contributed by atoms with van der Waals surface area (Å²) in [5.41, 5.74) is -0.318. The van der Waals surface area contributed by atoms with Gasteiger partial charge in [-0.25, -0.2) is 8.42 Å². The number of rotatable bonds is 6. The van der Waals surface area contributed by atoms with Gasteiger partial charge in [0.25, 0.3) is 5.91 Å². The molecular weight excluding hydrogens is 372 g/mol. The molecule has 136 valence electrons. The van der Waals surface area contributed by atoms with Crippen LogP contribution in [0.5, 0.6) is 5.75 Å². The number of benzene rings is 1. The number of ether oxygens (including phenoxy) is 1. The van der Waals surface area contributed by atoms with Gasteiger partial charge in [0.1, 0.15) is 0 Å². The normalized spacial score (nSPS) is 21.7. The van der Waals surface area contributed by atoms with Gasteiger partial charge in [0.2, 0.25) is 0 Å². The highest BCUT2D eigenvalue weighted by Gasteiger charge is 2.42. The third-order valence-electron chi connectivity index (χ3n) is 4.30. The Kier molecular flexibility index (Phi) is 4.88. The summed E-state index contributed by atoms with van der Waals surface area (Å²) in [5, 5.41) is 11.3. The highest BCUT2D eigenvalue weighted by Crippen LogP contribution is 2.33. The summed E-state index contributed by atoms with van der Waals surface area (Å²) in [6.07, 6.45) is 2.10. The number of carbonyl (C=O) groups is 1. The maximum absolute atomic E-state index is 12.6. The lowest BCUT2D eigenvalue weighted by Crippen LogP contribution is -2.45. The van der Waals surface area contributed by atoms with Crippen LogP contribution in [0.2, 0.25) is 5.02 Å². The molecule has 1 saturated carbocycles. The smallest absolute Gasteiger partial charge is 0.312 e. The first-order valence-electron chi connectivity index (χ1n) is 7.85. The Morgan fingerprint density at radius 1 is 1.32 bits per heavy atom. The molecule has 3 rings (SSSR count). The first kappa shape index (κ1) is 17.9. The lowest BCUT2D eigenvalue weighted by molar-refractivity contribution is -0.385. The van der Waals surface area contributed by atoms with E-state index in [-0.39, 0.29) is 52.6 Å². The number of nitrogens with zero attached hydrogens (tertiary/aromatic N) is 2. The van der Waals surface area contributed by atoms with Gasteiger partial charge in [-0.1, -0.05) is 11.6 Å². The van der Waals surface area contributed by atoms with E-state index in [0.717, 1.165) is 18.9 Å². The molecule has 2 aliphatic rings. The molecule has 1 aliphatic carbocycles. The third kappa shape index (κ3) is 4.21. The molecule has 0 spiro atoms. The summed E-state index contributed by atoms with van der Waals surface area (Å²) in [6.45, 7) is -0.379. The topological polar surface area (TPSA) is 107 Å². The second-order valence-electron chi connectivity index (χ2n) is 6.25. The minimum Gasteiger partial charge on any atom is -0.477 e. The number of sulfone groups is 1. The monoisotopic (exact) mass is 388 g/mol. The molecule has 0 aromatic heterocycles. The predicted octanol–water partition coefficient (Wildman–Crippen LogP) is 1.81. The van der Waals surface area contributed by atoms with Crippen molar-refractivity contribution < 1.29 is 22.9 Å². The molecule has 10 heteroatoms. The van der Waals surface area contributed by atoms with E-state index in [1.165, 1.54) is 12.1 Å². The predicted molar refractivity (Wildman–Crippen MR) is 90.5 cm³/mol. The van der Waals surface area contributed by atoms with Gasteiger partial charge < -0.3 is 9.64 Å². The molecule has 0 N–H and O–H groups in total. The molecule has 1 aromatic rings. The Bertz CT molecular complexity index is 808. The summed E-state index contributed by atoms with van der Waals surface area (Å²) in [6, 6.07) is 3.64. The van der Waals surface area contributed by atoms with Crippen molar-refractivity contribution in [2.45, 2.75) is 31.3 Å². The SMILES string of the molecule is O=C(COc1ccc(Cl)cc1[N+](=O)[O-])N(C1CC1)[C@H]1CCS(=O)(=O)C1. The fourth-order valence-corrected chi connectivity index (χ4v) is 4.90. The van der Waals surface area contributed by atoms with Crippen LogP contribution in [0.3, 0.4) is 0 Å². The molecule has 1 amide bonds. The van der Waals surface area contributed by atoms with Crippen molar-refractivity contribution in [1.29, 1.82) is 0 Å². The van der Waals surface area contributed by atoms with Crippen LogP contribution in [-0.4, -0.2) is 54.3 Å². The van der Waals surface area contributed by atoms with E-state index in [2.05, 4.69) is 0 Å². The summed E-state index contributed by atoms with van der Waals surface area (Å²) in [7, 11) is -3.11. The molecule has 2 fully saturated rings. The minimum absolute atomic E-state index is 0.0314. The van der Waals surface area contributed by atoms with E-state index in [4.69, 9.17) is 16.3 Å². The zero-order chi connectivity index (χ0) is 18.2. The van der Waals surface area contributed by atoms with Crippen LogP contribution >= 0.6 is 11.6 Å². The van der Waals surface area contributed by atoms with E-state index in [9.17, 15) is 23.3 Å². The molecule has 0 unspecified atom stereocenters. The number of hydrogen-bond acceptors (Lipinski definition) is 6. The third-order valence-corrected chi connectivity index (χ3v) is 6.28. The lowest BCUT2D eigenvalue weighted by Gasteiger charge is -2.28. The molecule has 1 heterocycles. The largest absolute Gasteiger partial charge is 0.477 e. The van der Waals surface area contributed by atoms with Crippen molar-refractivity contribution in [3.8, 4) is 5.75 Å². The summed E-state index contributed by atoms with van der Waals surface area (Å²) in [5.74, 6) is -0.347. The van der Waals surface area contributed by atoms with Crippen molar-refractivity contribution in [3.63, 3.8) is 0 Å². The molecule has 1 atom stereocenters. The quantitative estimate of drug-likeness (QED) is 0.543. The zero-order valence-electron chi connectivity index (χ0n) is 13.3. The highest BCUT2D eigenvalue weighted by molar-refractivity contribution is 7.91. The Morgan fingerprint density at radius 2 is 2.04 bits per heavy atom. The van der Waals surface area contributed by atoms with Crippen LogP contribution in [0, 0.1) is 10.1 Å². The average Bonchev–Trinajstić information content (AvgIpc) is 3.29. The van der Waals surface area contributed by atoms with Crippen LogP contribution in [-0.2, 0) is 14.6 Å². The summed E-state index contributed by atoms with van der Waals surface area (Å²) >= 11 is 5.74. The molecule has 0 radical (unpaired) electrons. The number of carbonyl (C=O) groups excluding carboxylic acids is 1. The van der Waals surface area contributed by atoms with E-state index in [0.29, 0.717) is 6.42 Å². The number of nitro benzene ring substituents is 1. The molecule has 8 nitrogen and oxygen atoms in total. The maximum atomic E-state index is 12.6. The Morgan fingerprint density at radius 3 is 2.60 bits per heavy atom. The zero-order valence-corrected chi connectivity index (χ0v) is 14.8. The van der Waals surface area contributed by atoms with Gasteiger partial charge in [-0.05, 0) is 31.4 Å². The fourth-order valence-electron chi connectivity index (χ4n) is 3.02. The molecule has 1 saturated heterocycles. The standard InChI is InChI=1S/C15H17ClN2O6S/c16-10-1-4-14(13(7-10)18(20)21)24-8-15(19)17(11-2-3-11)12-5-6-25(22,23)9-12/h1,4,7,11-12H,2-3,5-6,8-9H2/t12-/m0/s1. The van der Waals surface area contributed by atoms with Crippen LogP contribution in [0.25, 0.3) is 0 Å². The van der Waals surface area contributed by atoms with Crippen molar-refractivity contribution in [2.75, 3.05) is 18.1 Å². The van der Waals surface area contributed by atoms with Gasteiger partial charge in [-0.2, -0.15) is 0 Å². The Labute approximate surface area is 149 Å². The number of halogens is 1. The minimum atomic E-state index is -3.11. The van der Waals surface area contributed by atoms with Gasteiger partial charge >= 0.3 is 5.69 Å². The Hall–Kier alpha value is -1.87. The van der Waals surface area contributed by atoms with E-state index in [1.54, 1.807) is 4.90 Å². The van der Waals surface area contributed by atoms with E-state index < -0.39 is 14.8 Å². The molecule has 1 aromatic carbocycles. The van der Waals surface area contributed by atoms with Gasteiger partial charge in [0.15, 0.2) is 22.2 Å². The first-order valence-corrected chi connectivity index (χ1v) is 10.0. The number of hydrogen-bond donors (Lipinski definition) is 0. The van der Waals surface area contributed by atoms with Crippen LogP contribution in [0.15, 0.2) is 18.2 Å². The van der Waals surface area contributed by atoms with Crippen molar-refractivity contribution in [3.05, 3.63) is 33.3 Å². The molecule has 25 heavy (non-hydrogen) atoms. The van der Waals surface area contributed by atoms with Crippen molar-refractivity contribution >= 4 is 33.0 Å². The number of amides is 1. The maximum Gasteiger partial charge on any atom is 0.312 e. The van der Waals surface area contributed by atoms with Gasteiger partial charge in [-0.15, -0.1) is 0 Å². The van der Waals surface area contributed by atoms with Crippen LogP contribution < -0.4 is 4.74 Å². The second-order valence-corrected chi connectivity index (χ2v) is 8.91. The van der Waals surface area contributed by atoms with Gasteiger partial charge in [0.05, 0.1) is 16.4 Å². The highest BCUT2D eigenvalue weighted by atomic mass is 35.5. The van der Waals surface area contributed by atoms with E-state index in [1.807, 2.05) is 0 Å². The van der Waals surface area contributed by atoms with Gasteiger partial charge in [-0.3, -0.25) is 14.9 Å². The second kappa shape index (κ2) is 6.80. The van der Waals surface area contributed by atoms with Crippen molar-refractivity contribution in [2.24, 2.45) is 0 Å². The first-order chi connectivity index (χ1) is 11.8. The molecular formula is C15H17ClN2O6S. The number of nitro groups is 1. The van der Waals surface area contributed by atoms with Crippen LogP contribution in [0.4, 0.5) is 5.69 Å². The van der Waals surface area contributed by atoms with Crippen LogP contribution in [0.1, 0.15) is 19.3 Å². The fraction of sp³-hybridized carbons (Fsp3) is 0.533.